The maximum atomic E-state index is 10.1. The summed E-state index contributed by atoms with van der Waals surface area (Å²) in [6, 6.07) is 0. The van der Waals surface area contributed by atoms with Crippen molar-refractivity contribution in [1.29, 1.82) is 0 Å². The van der Waals surface area contributed by atoms with Crippen LogP contribution in [0.25, 0.3) is 0 Å². The second-order valence-corrected chi connectivity index (χ2v) is 5.41. The highest BCUT2D eigenvalue weighted by Crippen LogP contribution is 2.48. The summed E-state index contributed by atoms with van der Waals surface area (Å²) in [7, 11) is 0. The molecular weight excluding hydrogens is 180 g/mol. The molecule has 0 aliphatic carbocycles. The van der Waals surface area contributed by atoms with Crippen LogP contribution in [0, 0.1) is 17.3 Å². The van der Waals surface area contributed by atoms with Crippen LogP contribution >= 0.6 is 0 Å². The summed E-state index contributed by atoms with van der Waals surface area (Å²) in [4.78, 5) is 0. The Balaban J connectivity index is 2.29. The minimum atomic E-state index is -0.483. The molecule has 3 nitrogen and oxygen atoms in total. The van der Waals surface area contributed by atoms with Crippen LogP contribution < -0.4 is 0 Å². The van der Waals surface area contributed by atoms with Crippen molar-refractivity contribution in [2.75, 3.05) is 6.61 Å². The van der Waals surface area contributed by atoms with Crippen molar-refractivity contribution in [2.45, 2.75) is 46.2 Å². The Labute approximate surface area is 85.4 Å². The van der Waals surface area contributed by atoms with Crippen molar-refractivity contribution in [1.82, 2.24) is 0 Å². The van der Waals surface area contributed by atoms with Gasteiger partial charge in [-0.15, -0.1) is 0 Å². The summed E-state index contributed by atoms with van der Waals surface area (Å²) in [6.45, 7) is 9.26. The monoisotopic (exact) mass is 200 g/mol. The summed E-state index contributed by atoms with van der Waals surface area (Å²) in [5.41, 5.74) is 0.000579. The quantitative estimate of drug-likeness (QED) is 0.695. The van der Waals surface area contributed by atoms with Crippen LogP contribution in [-0.2, 0) is 9.47 Å². The molecule has 0 aromatic carbocycles. The molecule has 0 spiro atoms. The van der Waals surface area contributed by atoms with Gasteiger partial charge in [0, 0.05) is 0 Å². The van der Waals surface area contributed by atoms with Gasteiger partial charge in [-0.3, -0.25) is 0 Å². The molecule has 0 amide bonds. The average molecular weight is 200 g/mol. The van der Waals surface area contributed by atoms with Crippen LogP contribution in [0.15, 0.2) is 0 Å². The largest absolute Gasteiger partial charge is 0.388 e. The summed E-state index contributed by atoms with van der Waals surface area (Å²) in [5.74, 6) is 0.712. The summed E-state index contributed by atoms with van der Waals surface area (Å²) >= 11 is 0. The van der Waals surface area contributed by atoms with Gasteiger partial charge in [0.25, 0.3) is 0 Å². The van der Waals surface area contributed by atoms with E-state index < -0.39 is 6.10 Å². The fourth-order valence-electron chi connectivity index (χ4n) is 3.07. The molecule has 0 saturated carbocycles. The van der Waals surface area contributed by atoms with Gasteiger partial charge in [0.1, 0.15) is 6.10 Å². The molecule has 2 bridgehead atoms. The Morgan fingerprint density at radius 2 is 2.00 bits per heavy atom. The van der Waals surface area contributed by atoms with Gasteiger partial charge < -0.3 is 14.6 Å². The van der Waals surface area contributed by atoms with Gasteiger partial charge in [0.15, 0.2) is 6.29 Å². The Kier molecular flexibility index (Phi) is 2.37. The van der Waals surface area contributed by atoms with Crippen molar-refractivity contribution in [3.63, 3.8) is 0 Å². The first-order valence-electron chi connectivity index (χ1n) is 5.39. The van der Waals surface area contributed by atoms with E-state index in [1.54, 1.807) is 0 Å². The summed E-state index contributed by atoms with van der Waals surface area (Å²) in [6.07, 6.45) is -0.729. The molecule has 2 aliphatic heterocycles. The van der Waals surface area contributed by atoms with E-state index in [1.807, 2.05) is 0 Å². The first kappa shape index (κ1) is 10.4. The molecule has 14 heavy (non-hydrogen) atoms. The minimum absolute atomic E-state index is 0.000579. The van der Waals surface area contributed by atoms with Gasteiger partial charge in [-0.1, -0.05) is 27.7 Å². The highest BCUT2D eigenvalue weighted by molar-refractivity contribution is 4.99. The standard InChI is InChI=1S/C11H20O3/c1-6(2)8-9(12)10-13-5-7(14-10)11(8,3)4/h6-10,12H,5H2,1-4H3/t7-,8+,9+,10-/m1/s1. The number of hydrogen-bond acceptors (Lipinski definition) is 3. The first-order chi connectivity index (χ1) is 6.44. The molecular formula is C11H20O3. The molecule has 1 N–H and O–H groups in total. The zero-order valence-electron chi connectivity index (χ0n) is 9.36. The van der Waals surface area contributed by atoms with E-state index in [4.69, 9.17) is 9.47 Å². The normalized spacial score (nSPS) is 45.9. The van der Waals surface area contributed by atoms with E-state index in [2.05, 4.69) is 27.7 Å². The molecule has 0 radical (unpaired) electrons. The smallest absolute Gasteiger partial charge is 0.184 e. The molecule has 2 heterocycles. The molecule has 0 aromatic heterocycles. The third kappa shape index (κ3) is 1.30. The Hall–Kier alpha value is -0.120. The van der Waals surface area contributed by atoms with Gasteiger partial charge >= 0.3 is 0 Å². The van der Waals surface area contributed by atoms with Gasteiger partial charge in [0.2, 0.25) is 0 Å². The lowest BCUT2D eigenvalue weighted by atomic mass is 9.66. The average Bonchev–Trinajstić information content (AvgIpc) is 2.46. The second-order valence-electron chi connectivity index (χ2n) is 5.41. The number of hydrogen-bond donors (Lipinski definition) is 1. The molecule has 0 unspecified atom stereocenters. The molecule has 2 fully saturated rings. The molecule has 3 heteroatoms. The lowest BCUT2D eigenvalue weighted by Crippen LogP contribution is -2.53. The van der Waals surface area contributed by atoms with Crippen molar-refractivity contribution < 1.29 is 14.6 Å². The van der Waals surface area contributed by atoms with E-state index in [1.165, 1.54) is 0 Å². The third-order valence-electron chi connectivity index (χ3n) is 3.76. The Morgan fingerprint density at radius 3 is 2.57 bits per heavy atom. The van der Waals surface area contributed by atoms with E-state index in [-0.39, 0.29) is 23.7 Å². The Morgan fingerprint density at radius 1 is 1.36 bits per heavy atom. The Bertz CT molecular complexity index is 225. The third-order valence-corrected chi connectivity index (χ3v) is 3.76. The number of fused-ring (bicyclic) bond motifs is 2. The zero-order valence-corrected chi connectivity index (χ0v) is 9.36. The van der Waals surface area contributed by atoms with E-state index >= 15 is 0 Å². The number of aliphatic hydroxyl groups is 1. The molecule has 2 saturated heterocycles. The lowest BCUT2D eigenvalue weighted by Gasteiger charge is -2.46. The molecule has 4 atom stereocenters. The van der Waals surface area contributed by atoms with Crippen molar-refractivity contribution in [2.24, 2.45) is 17.3 Å². The maximum Gasteiger partial charge on any atom is 0.184 e. The van der Waals surface area contributed by atoms with Crippen LogP contribution in [-0.4, -0.2) is 30.2 Å². The SMILES string of the molecule is CC(C)[C@H]1[C@H](O)[C@@H]2OC[C@@H](O2)C1(C)C. The summed E-state index contributed by atoms with van der Waals surface area (Å²) in [5, 5.41) is 10.1. The van der Waals surface area contributed by atoms with E-state index in [0.717, 1.165) is 0 Å². The van der Waals surface area contributed by atoms with Gasteiger partial charge in [0.05, 0.1) is 12.7 Å². The zero-order chi connectivity index (χ0) is 10.5. The predicted octanol–water partition coefficient (Wildman–Crippen LogP) is 1.40. The highest BCUT2D eigenvalue weighted by Gasteiger charge is 2.55. The van der Waals surface area contributed by atoms with Crippen LogP contribution in [0.1, 0.15) is 27.7 Å². The van der Waals surface area contributed by atoms with Crippen molar-refractivity contribution in [3.05, 3.63) is 0 Å². The number of rotatable bonds is 1. The number of aliphatic hydroxyl groups excluding tert-OH is 1. The van der Waals surface area contributed by atoms with Gasteiger partial charge in [-0.05, 0) is 17.3 Å². The molecule has 0 aromatic rings. The van der Waals surface area contributed by atoms with Crippen molar-refractivity contribution in [3.8, 4) is 0 Å². The topological polar surface area (TPSA) is 38.7 Å². The molecule has 82 valence electrons. The maximum absolute atomic E-state index is 10.1. The van der Waals surface area contributed by atoms with Crippen LogP contribution in [0.4, 0.5) is 0 Å². The van der Waals surface area contributed by atoms with Crippen LogP contribution in [0.5, 0.6) is 0 Å². The minimum Gasteiger partial charge on any atom is -0.388 e. The van der Waals surface area contributed by atoms with Crippen LogP contribution in [0.3, 0.4) is 0 Å². The van der Waals surface area contributed by atoms with E-state index in [9.17, 15) is 5.11 Å². The fourth-order valence-corrected chi connectivity index (χ4v) is 3.07. The number of ether oxygens (including phenoxy) is 2. The first-order valence-corrected chi connectivity index (χ1v) is 5.39. The highest BCUT2D eigenvalue weighted by atomic mass is 16.7. The van der Waals surface area contributed by atoms with Gasteiger partial charge in [-0.25, -0.2) is 0 Å². The summed E-state index contributed by atoms with van der Waals surface area (Å²) < 4.78 is 11.1. The molecule has 2 aliphatic rings. The fraction of sp³-hybridized carbons (Fsp3) is 1.00. The van der Waals surface area contributed by atoms with Crippen molar-refractivity contribution >= 4 is 0 Å². The molecule has 2 rings (SSSR count). The van der Waals surface area contributed by atoms with Crippen LogP contribution in [0.2, 0.25) is 0 Å². The van der Waals surface area contributed by atoms with E-state index in [0.29, 0.717) is 12.5 Å². The lowest BCUT2D eigenvalue weighted by molar-refractivity contribution is -0.222. The second kappa shape index (κ2) is 3.19. The predicted molar refractivity (Wildman–Crippen MR) is 52.7 cm³/mol. The van der Waals surface area contributed by atoms with Gasteiger partial charge in [-0.2, -0.15) is 0 Å².